The zero-order valence-corrected chi connectivity index (χ0v) is 19.0. The third-order valence-corrected chi connectivity index (χ3v) is 6.48. The molecule has 10 heteroatoms. The lowest BCUT2D eigenvalue weighted by atomic mass is 10.0. The molecule has 2 saturated heterocycles. The number of aromatic nitrogens is 2. The molecule has 0 unspecified atom stereocenters. The maximum Gasteiger partial charge on any atom is 0.417 e. The van der Waals surface area contributed by atoms with Gasteiger partial charge in [0.05, 0.1) is 24.3 Å². The van der Waals surface area contributed by atoms with Crippen LogP contribution in [0.3, 0.4) is 0 Å². The number of likely N-dealkylation sites (tertiary alicyclic amines) is 1. The van der Waals surface area contributed by atoms with Crippen LogP contribution in [0.2, 0.25) is 0 Å². The Balaban J connectivity index is 1.23. The summed E-state index contributed by atoms with van der Waals surface area (Å²) in [5, 5.41) is 0.747. The topological polar surface area (TPSA) is 67.8 Å². The van der Waals surface area contributed by atoms with Crippen molar-refractivity contribution in [3.63, 3.8) is 0 Å². The molecule has 5 rings (SSSR count). The number of benzene rings is 1. The first-order valence-electron chi connectivity index (χ1n) is 11.6. The number of carbonyl (C=O) groups excluding carboxylic acids is 1. The lowest BCUT2D eigenvalue weighted by molar-refractivity contribution is -0.137. The van der Waals surface area contributed by atoms with E-state index >= 15 is 0 Å². The van der Waals surface area contributed by atoms with Crippen molar-refractivity contribution in [3.05, 3.63) is 59.9 Å². The smallest absolute Gasteiger partial charge is 0.417 e. The van der Waals surface area contributed by atoms with Crippen LogP contribution in [0.15, 0.2) is 48.7 Å². The van der Waals surface area contributed by atoms with E-state index < -0.39 is 11.7 Å². The zero-order valence-electron chi connectivity index (χ0n) is 19.0. The molecular weight excluding hydrogens is 461 g/mol. The predicted octanol–water partition coefficient (Wildman–Crippen LogP) is 4.38. The minimum absolute atomic E-state index is 0.0533. The van der Waals surface area contributed by atoms with Gasteiger partial charge in [0.15, 0.2) is 0 Å². The Kier molecular flexibility index (Phi) is 6.57. The van der Waals surface area contributed by atoms with Crippen LogP contribution in [0.5, 0.6) is 11.6 Å². The number of halogens is 3. The molecule has 2 aliphatic rings. The normalized spacial score (nSPS) is 18.1. The van der Waals surface area contributed by atoms with Crippen LogP contribution < -0.4 is 4.74 Å². The average Bonchev–Trinajstić information content (AvgIpc) is 2.88. The Labute approximate surface area is 200 Å². The number of alkyl halides is 3. The van der Waals surface area contributed by atoms with Gasteiger partial charge >= 0.3 is 6.18 Å². The Hall–Kier alpha value is -3.24. The molecule has 0 bridgehead atoms. The molecule has 35 heavy (non-hydrogen) atoms. The Morgan fingerprint density at radius 3 is 2.46 bits per heavy atom. The van der Waals surface area contributed by atoms with Gasteiger partial charge in [0.25, 0.3) is 5.91 Å². The van der Waals surface area contributed by atoms with Gasteiger partial charge < -0.3 is 14.4 Å². The lowest BCUT2D eigenvalue weighted by Crippen LogP contribution is -2.50. The summed E-state index contributed by atoms with van der Waals surface area (Å²) in [5.41, 5.74) is 0.183. The highest BCUT2D eigenvalue weighted by molar-refractivity contribution is 5.95. The fourth-order valence-corrected chi connectivity index (χ4v) is 4.55. The molecule has 2 aromatic heterocycles. The highest BCUT2D eigenvalue weighted by Gasteiger charge is 2.31. The van der Waals surface area contributed by atoms with Crippen LogP contribution in [0.1, 0.15) is 28.9 Å². The molecule has 1 amide bonds. The highest BCUT2D eigenvalue weighted by atomic mass is 19.4. The lowest BCUT2D eigenvalue weighted by Gasteiger charge is -2.40. The quantitative estimate of drug-likeness (QED) is 0.546. The van der Waals surface area contributed by atoms with Crippen molar-refractivity contribution in [2.45, 2.75) is 25.1 Å². The number of fused-ring (bicyclic) bond motifs is 1. The minimum atomic E-state index is -4.45. The molecule has 4 heterocycles. The van der Waals surface area contributed by atoms with E-state index in [4.69, 9.17) is 9.47 Å². The summed E-state index contributed by atoms with van der Waals surface area (Å²) < 4.78 is 49.1. The third-order valence-electron chi connectivity index (χ3n) is 6.48. The molecule has 0 N–H and O–H groups in total. The number of morpholine rings is 1. The number of hydrogen-bond acceptors (Lipinski definition) is 6. The van der Waals surface area contributed by atoms with E-state index in [2.05, 4.69) is 14.9 Å². The molecule has 0 saturated carbocycles. The molecule has 3 aromatic rings. The molecule has 0 atom stereocenters. The van der Waals surface area contributed by atoms with E-state index in [9.17, 15) is 18.0 Å². The van der Waals surface area contributed by atoms with Crippen LogP contribution in [0, 0.1) is 0 Å². The molecule has 1 aromatic carbocycles. The van der Waals surface area contributed by atoms with Gasteiger partial charge in [-0.3, -0.25) is 9.69 Å². The molecule has 184 valence electrons. The Morgan fingerprint density at radius 1 is 1.00 bits per heavy atom. The predicted molar refractivity (Wildman–Crippen MR) is 122 cm³/mol. The molecular formula is C25H25F3N4O3. The van der Waals surface area contributed by atoms with Gasteiger partial charge in [-0.1, -0.05) is 6.07 Å². The zero-order chi connectivity index (χ0) is 24.4. The SMILES string of the molecule is O=C(c1ccc2cc(Oc3ccc(C(F)(F)F)cn3)ccc2n1)N1CCC(N2CCOCC2)CC1. The van der Waals surface area contributed by atoms with Gasteiger partial charge in [-0.25, -0.2) is 9.97 Å². The van der Waals surface area contributed by atoms with Crippen molar-refractivity contribution in [2.75, 3.05) is 39.4 Å². The number of nitrogens with zero attached hydrogens (tertiary/aromatic N) is 4. The summed E-state index contributed by atoms with van der Waals surface area (Å²) in [6, 6.07) is 11.2. The largest absolute Gasteiger partial charge is 0.439 e. The Morgan fingerprint density at radius 2 is 1.77 bits per heavy atom. The van der Waals surface area contributed by atoms with E-state index in [1.807, 2.05) is 4.90 Å². The first-order valence-corrected chi connectivity index (χ1v) is 11.6. The van der Waals surface area contributed by atoms with Crippen molar-refractivity contribution in [1.82, 2.24) is 19.8 Å². The minimum Gasteiger partial charge on any atom is -0.439 e. The molecule has 0 radical (unpaired) electrons. The van der Waals surface area contributed by atoms with Crippen molar-refractivity contribution >= 4 is 16.8 Å². The number of amides is 1. The van der Waals surface area contributed by atoms with Crippen molar-refractivity contribution in [3.8, 4) is 11.6 Å². The van der Waals surface area contributed by atoms with E-state index in [1.165, 1.54) is 6.07 Å². The van der Waals surface area contributed by atoms with Crippen molar-refractivity contribution in [2.24, 2.45) is 0 Å². The molecule has 0 aliphatic carbocycles. The molecule has 7 nitrogen and oxygen atoms in total. The molecule has 2 aliphatic heterocycles. The van der Waals surface area contributed by atoms with Gasteiger partial charge in [0.1, 0.15) is 11.4 Å². The number of piperidine rings is 1. The molecule has 0 spiro atoms. The van der Waals surface area contributed by atoms with E-state index in [0.29, 0.717) is 36.1 Å². The molecule has 2 fully saturated rings. The van der Waals surface area contributed by atoms with E-state index in [0.717, 1.165) is 56.8 Å². The second kappa shape index (κ2) is 9.79. The number of carbonyl (C=O) groups is 1. The number of rotatable bonds is 4. The summed E-state index contributed by atoms with van der Waals surface area (Å²) >= 11 is 0. The summed E-state index contributed by atoms with van der Waals surface area (Å²) in [7, 11) is 0. The van der Waals surface area contributed by atoms with Gasteiger partial charge in [-0.05, 0) is 43.2 Å². The first kappa shape index (κ1) is 23.5. The standard InChI is InChI=1S/C25H25F3N4O3/c26-25(27,28)18-2-6-23(29-16-18)35-20-3-5-21-17(15-20)1-4-22(30-21)24(33)32-9-7-19(8-10-32)31-11-13-34-14-12-31/h1-6,15-16,19H,7-14H2. The van der Waals surface area contributed by atoms with Crippen LogP contribution in [-0.2, 0) is 10.9 Å². The maximum atomic E-state index is 13.0. The van der Waals surface area contributed by atoms with Crippen LogP contribution in [-0.4, -0.2) is 71.1 Å². The second-order valence-corrected chi connectivity index (χ2v) is 8.71. The van der Waals surface area contributed by atoms with Gasteiger partial charge in [0, 0.05) is 49.9 Å². The van der Waals surface area contributed by atoms with Crippen LogP contribution in [0.4, 0.5) is 13.2 Å². The average molecular weight is 486 g/mol. The third kappa shape index (κ3) is 5.38. The van der Waals surface area contributed by atoms with Crippen molar-refractivity contribution in [1.29, 1.82) is 0 Å². The maximum absolute atomic E-state index is 13.0. The highest BCUT2D eigenvalue weighted by Crippen LogP contribution is 2.30. The van der Waals surface area contributed by atoms with Crippen LogP contribution in [0.25, 0.3) is 10.9 Å². The number of hydrogen-bond donors (Lipinski definition) is 0. The number of pyridine rings is 2. The number of ether oxygens (including phenoxy) is 2. The summed E-state index contributed by atoms with van der Waals surface area (Å²) in [4.78, 5) is 25.6. The van der Waals surface area contributed by atoms with Gasteiger partial charge in [0.2, 0.25) is 5.88 Å². The second-order valence-electron chi connectivity index (χ2n) is 8.71. The van der Waals surface area contributed by atoms with Gasteiger partial charge in [-0.2, -0.15) is 13.2 Å². The summed E-state index contributed by atoms with van der Waals surface area (Å²) in [5.74, 6) is 0.384. The van der Waals surface area contributed by atoms with E-state index in [1.54, 1.807) is 30.3 Å². The fraction of sp³-hybridized carbons (Fsp3) is 0.400. The summed E-state index contributed by atoms with van der Waals surface area (Å²) in [6.07, 6.45) is -1.83. The van der Waals surface area contributed by atoms with E-state index in [-0.39, 0.29) is 11.8 Å². The monoisotopic (exact) mass is 486 g/mol. The fourth-order valence-electron chi connectivity index (χ4n) is 4.55. The first-order chi connectivity index (χ1) is 16.9. The summed E-state index contributed by atoms with van der Waals surface area (Å²) in [6.45, 7) is 4.85. The Bertz CT molecular complexity index is 1190. The van der Waals surface area contributed by atoms with Gasteiger partial charge in [-0.15, -0.1) is 0 Å². The van der Waals surface area contributed by atoms with Crippen LogP contribution >= 0.6 is 0 Å². The van der Waals surface area contributed by atoms with Crippen molar-refractivity contribution < 1.29 is 27.4 Å².